The summed E-state index contributed by atoms with van der Waals surface area (Å²) < 4.78 is 4.62. The Balaban J connectivity index is 2.27. The molecule has 0 heterocycles. The van der Waals surface area contributed by atoms with E-state index in [9.17, 15) is 25.0 Å². The maximum absolute atomic E-state index is 11.3. The molecule has 0 radical (unpaired) electrons. The highest BCUT2D eigenvalue weighted by molar-refractivity contribution is 6.01. The van der Waals surface area contributed by atoms with E-state index in [2.05, 4.69) is 15.3 Å². The summed E-state index contributed by atoms with van der Waals surface area (Å²) in [5, 5.41) is 26.3. The SMILES string of the molecule is COC(=O)CCCC(=NNc1ccc([N+](=O)[O-])cc1[N+](=O)[O-])c1ccccc1. The molecule has 0 bridgehead atoms. The van der Waals surface area contributed by atoms with Crippen LogP contribution in [0.4, 0.5) is 17.1 Å². The van der Waals surface area contributed by atoms with Crippen molar-refractivity contribution in [2.45, 2.75) is 19.3 Å². The molecule has 2 rings (SSSR count). The molecule has 0 aromatic heterocycles. The standard InChI is InChI=1S/C18H18N4O6/c1-28-18(23)9-5-8-15(13-6-3-2-4-7-13)19-20-16-11-10-14(21(24)25)12-17(16)22(26)27/h2-4,6-7,10-12,20H,5,8-9H2,1H3. The Bertz CT molecular complexity index is 898. The number of methoxy groups -OCH3 is 1. The quantitative estimate of drug-likeness (QED) is 0.300. The van der Waals surface area contributed by atoms with Crippen molar-refractivity contribution in [1.82, 2.24) is 0 Å². The summed E-state index contributed by atoms with van der Waals surface area (Å²) in [5.41, 5.74) is 3.16. The lowest BCUT2D eigenvalue weighted by Crippen LogP contribution is -2.08. The van der Waals surface area contributed by atoms with Gasteiger partial charge in [0.05, 0.1) is 28.7 Å². The summed E-state index contributed by atoms with van der Waals surface area (Å²) in [4.78, 5) is 32.0. The lowest BCUT2D eigenvalue weighted by atomic mass is 10.0. The Kier molecular flexibility index (Phi) is 7.14. The van der Waals surface area contributed by atoms with Crippen LogP contribution < -0.4 is 5.43 Å². The average molecular weight is 386 g/mol. The number of ether oxygens (including phenoxy) is 1. The Morgan fingerprint density at radius 1 is 1.07 bits per heavy atom. The van der Waals surface area contributed by atoms with Crippen molar-refractivity contribution in [1.29, 1.82) is 0 Å². The van der Waals surface area contributed by atoms with Crippen molar-refractivity contribution in [2.75, 3.05) is 12.5 Å². The number of esters is 1. The normalized spacial score (nSPS) is 11.0. The van der Waals surface area contributed by atoms with Gasteiger partial charge in [-0.3, -0.25) is 30.4 Å². The van der Waals surface area contributed by atoms with Crippen molar-refractivity contribution in [3.63, 3.8) is 0 Å². The molecule has 0 fully saturated rings. The number of nitro benzene ring substituents is 2. The number of hydrazone groups is 1. The van der Waals surface area contributed by atoms with Crippen LogP contribution in [0.2, 0.25) is 0 Å². The molecule has 0 aliphatic heterocycles. The van der Waals surface area contributed by atoms with Crippen molar-refractivity contribution >= 4 is 28.7 Å². The summed E-state index contributed by atoms with van der Waals surface area (Å²) in [6.45, 7) is 0. The third-order valence-electron chi connectivity index (χ3n) is 3.83. The molecule has 0 aliphatic carbocycles. The van der Waals surface area contributed by atoms with Crippen LogP contribution in [0.15, 0.2) is 53.6 Å². The van der Waals surface area contributed by atoms with Gasteiger partial charge in [-0.2, -0.15) is 5.10 Å². The Morgan fingerprint density at radius 2 is 1.79 bits per heavy atom. The summed E-state index contributed by atoms with van der Waals surface area (Å²) in [6.07, 6.45) is 1.11. The van der Waals surface area contributed by atoms with Crippen LogP contribution in [0.1, 0.15) is 24.8 Å². The largest absolute Gasteiger partial charge is 0.469 e. The zero-order valence-corrected chi connectivity index (χ0v) is 15.0. The number of non-ortho nitro benzene ring substituents is 1. The highest BCUT2D eigenvalue weighted by Crippen LogP contribution is 2.29. The molecule has 28 heavy (non-hydrogen) atoms. The number of hydrogen-bond donors (Lipinski definition) is 1. The van der Waals surface area contributed by atoms with E-state index in [0.717, 1.165) is 17.7 Å². The first kappa shape index (κ1) is 20.5. The minimum Gasteiger partial charge on any atom is -0.469 e. The van der Waals surface area contributed by atoms with E-state index in [1.807, 2.05) is 30.3 Å². The number of nitrogens with zero attached hydrogens (tertiary/aromatic N) is 3. The van der Waals surface area contributed by atoms with Crippen LogP contribution >= 0.6 is 0 Å². The summed E-state index contributed by atoms with van der Waals surface area (Å²) in [7, 11) is 1.31. The molecular formula is C18H18N4O6. The van der Waals surface area contributed by atoms with E-state index < -0.39 is 15.5 Å². The monoisotopic (exact) mass is 386 g/mol. The van der Waals surface area contributed by atoms with Crippen LogP contribution in [-0.2, 0) is 9.53 Å². The third kappa shape index (κ3) is 5.59. The first-order chi connectivity index (χ1) is 13.4. The van der Waals surface area contributed by atoms with Gasteiger partial charge in [-0.05, 0) is 24.5 Å². The van der Waals surface area contributed by atoms with Gasteiger partial charge in [0.25, 0.3) is 5.69 Å². The molecule has 10 nitrogen and oxygen atoms in total. The van der Waals surface area contributed by atoms with E-state index in [1.165, 1.54) is 13.2 Å². The van der Waals surface area contributed by atoms with Crippen LogP contribution in [-0.4, -0.2) is 28.6 Å². The highest BCUT2D eigenvalue weighted by Gasteiger charge is 2.19. The number of rotatable bonds is 9. The molecule has 0 unspecified atom stereocenters. The fourth-order valence-corrected chi connectivity index (χ4v) is 2.40. The molecule has 146 valence electrons. The van der Waals surface area contributed by atoms with E-state index in [4.69, 9.17) is 0 Å². The summed E-state index contributed by atoms with van der Waals surface area (Å²) in [6, 6.07) is 12.4. The number of anilines is 1. The minimum atomic E-state index is -0.718. The fourth-order valence-electron chi connectivity index (χ4n) is 2.40. The molecule has 0 aliphatic rings. The number of hydrogen-bond acceptors (Lipinski definition) is 8. The topological polar surface area (TPSA) is 137 Å². The zero-order chi connectivity index (χ0) is 20.5. The highest BCUT2D eigenvalue weighted by atomic mass is 16.6. The number of nitrogens with one attached hydrogen (secondary N) is 1. The Labute approximate surface area is 160 Å². The lowest BCUT2D eigenvalue weighted by Gasteiger charge is -2.08. The first-order valence-electron chi connectivity index (χ1n) is 8.30. The van der Waals surface area contributed by atoms with Gasteiger partial charge in [0.15, 0.2) is 0 Å². The number of carbonyl (C=O) groups is 1. The molecule has 10 heteroatoms. The summed E-state index contributed by atoms with van der Waals surface area (Å²) >= 11 is 0. The van der Waals surface area contributed by atoms with Gasteiger partial charge in [0, 0.05) is 12.5 Å². The fraction of sp³-hybridized carbons (Fsp3) is 0.222. The average Bonchev–Trinajstić information content (AvgIpc) is 2.70. The second kappa shape index (κ2) is 9.76. The van der Waals surface area contributed by atoms with Gasteiger partial charge in [-0.15, -0.1) is 0 Å². The van der Waals surface area contributed by atoms with Gasteiger partial charge in [0.2, 0.25) is 0 Å². The maximum Gasteiger partial charge on any atom is 0.305 e. The number of nitro groups is 2. The van der Waals surface area contributed by atoms with Crippen LogP contribution in [0.3, 0.4) is 0 Å². The smallest absolute Gasteiger partial charge is 0.305 e. The van der Waals surface area contributed by atoms with Crippen molar-refractivity contribution in [3.05, 3.63) is 74.3 Å². The van der Waals surface area contributed by atoms with E-state index in [1.54, 1.807) is 0 Å². The molecule has 1 N–H and O–H groups in total. The summed E-state index contributed by atoms with van der Waals surface area (Å²) in [5.74, 6) is -0.341. The van der Waals surface area contributed by atoms with Gasteiger partial charge < -0.3 is 4.74 Å². The number of carbonyl (C=O) groups excluding carboxylic acids is 1. The van der Waals surface area contributed by atoms with Gasteiger partial charge in [-0.25, -0.2) is 0 Å². The second-order valence-electron chi connectivity index (χ2n) is 5.68. The molecule has 0 saturated carbocycles. The molecule has 0 amide bonds. The van der Waals surface area contributed by atoms with Crippen LogP contribution in [0.25, 0.3) is 0 Å². The molecule has 2 aromatic carbocycles. The Morgan fingerprint density at radius 3 is 2.39 bits per heavy atom. The van der Waals surface area contributed by atoms with Gasteiger partial charge in [0.1, 0.15) is 5.69 Å². The molecule has 2 aromatic rings. The Hall–Kier alpha value is -3.82. The van der Waals surface area contributed by atoms with E-state index >= 15 is 0 Å². The maximum atomic E-state index is 11.3. The predicted molar refractivity (Wildman–Crippen MR) is 102 cm³/mol. The number of benzene rings is 2. The molecule has 0 spiro atoms. The van der Waals surface area contributed by atoms with Crippen molar-refractivity contribution in [3.8, 4) is 0 Å². The van der Waals surface area contributed by atoms with Gasteiger partial charge >= 0.3 is 11.7 Å². The predicted octanol–water partition coefficient (Wildman–Crippen LogP) is 3.66. The molecule has 0 saturated heterocycles. The van der Waals surface area contributed by atoms with Gasteiger partial charge in [-0.1, -0.05) is 30.3 Å². The van der Waals surface area contributed by atoms with Crippen LogP contribution in [0, 0.1) is 20.2 Å². The first-order valence-corrected chi connectivity index (χ1v) is 8.30. The van der Waals surface area contributed by atoms with E-state index in [0.29, 0.717) is 18.6 Å². The second-order valence-corrected chi connectivity index (χ2v) is 5.68. The molecular weight excluding hydrogens is 368 g/mol. The van der Waals surface area contributed by atoms with Crippen molar-refractivity contribution in [2.24, 2.45) is 5.10 Å². The zero-order valence-electron chi connectivity index (χ0n) is 15.0. The third-order valence-corrected chi connectivity index (χ3v) is 3.83. The van der Waals surface area contributed by atoms with E-state index in [-0.39, 0.29) is 23.8 Å². The van der Waals surface area contributed by atoms with Crippen LogP contribution in [0.5, 0.6) is 0 Å². The minimum absolute atomic E-state index is 0.0250. The molecule has 0 atom stereocenters. The lowest BCUT2D eigenvalue weighted by molar-refractivity contribution is -0.393. The van der Waals surface area contributed by atoms with Crippen molar-refractivity contribution < 1.29 is 19.4 Å².